The number of benzene rings is 1. The molecule has 0 atom stereocenters. The monoisotopic (exact) mass is 223 g/mol. The summed E-state index contributed by atoms with van der Waals surface area (Å²) in [6.07, 6.45) is 2.80. The summed E-state index contributed by atoms with van der Waals surface area (Å²) >= 11 is 0. The first-order chi connectivity index (χ1) is 8.24. The number of nitrogens with zero attached hydrogens (tertiary/aromatic N) is 3. The minimum Gasteiger partial charge on any atom is -0.256 e. The molecule has 0 saturated carbocycles. The van der Waals surface area contributed by atoms with Crippen LogP contribution in [0.2, 0.25) is 0 Å². The van der Waals surface area contributed by atoms with Crippen molar-refractivity contribution < 1.29 is 4.39 Å². The van der Waals surface area contributed by atoms with Gasteiger partial charge in [-0.3, -0.25) is 4.98 Å². The Balaban J connectivity index is 2.64. The van der Waals surface area contributed by atoms with E-state index in [1.54, 1.807) is 36.5 Å². The molecule has 80 valence electrons. The number of hydrogen-bond donors (Lipinski definition) is 0. The zero-order valence-electron chi connectivity index (χ0n) is 8.68. The molecule has 1 aromatic heterocycles. The average molecular weight is 223 g/mol. The van der Waals surface area contributed by atoms with E-state index >= 15 is 0 Å². The van der Waals surface area contributed by atoms with Crippen molar-refractivity contribution in [2.45, 2.75) is 0 Å². The Hall–Kier alpha value is -2.72. The average Bonchev–Trinajstić information content (AvgIpc) is 2.36. The number of pyridine rings is 1. The van der Waals surface area contributed by atoms with Gasteiger partial charge in [0.25, 0.3) is 0 Å². The van der Waals surface area contributed by atoms with Crippen LogP contribution in [0.1, 0.15) is 5.56 Å². The number of aromatic nitrogens is 1. The summed E-state index contributed by atoms with van der Waals surface area (Å²) in [7, 11) is 0. The molecule has 1 aromatic carbocycles. The van der Waals surface area contributed by atoms with Crippen LogP contribution in [0.3, 0.4) is 0 Å². The van der Waals surface area contributed by atoms with E-state index in [1.165, 1.54) is 12.1 Å². The highest BCUT2D eigenvalue weighted by Gasteiger charge is 2.04. The molecule has 0 radical (unpaired) electrons. The maximum Gasteiger partial charge on any atom is 0.132 e. The largest absolute Gasteiger partial charge is 0.256 e. The predicted octanol–water partition coefficient (Wildman–Crippen LogP) is 2.80. The van der Waals surface area contributed by atoms with Crippen LogP contribution in [0.5, 0.6) is 0 Å². The van der Waals surface area contributed by atoms with Gasteiger partial charge in [0.15, 0.2) is 0 Å². The standard InChI is InChI=1S/C13H6FN3/c14-12-6-13-10(2-1-3-17-13)5-11(12)4-9(7-15)8-16/h1-6H. The zero-order chi connectivity index (χ0) is 12.3. The molecule has 0 aliphatic rings. The number of nitriles is 2. The second-order valence-electron chi connectivity index (χ2n) is 3.35. The van der Waals surface area contributed by atoms with Gasteiger partial charge < -0.3 is 0 Å². The summed E-state index contributed by atoms with van der Waals surface area (Å²) in [4.78, 5) is 4.01. The molecule has 0 amide bonds. The molecular weight excluding hydrogens is 217 g/mol. The van der Waals surface area contributed by atoms with Crippen molar-refractivity contribution in [3.63, 3.8) is 0 Å². The highest BCUT2D eigenvalue weighted by atomic mass is 19.1. The molecule has 1 heterocycles. The first-order valence-electron chi connectivity index (χ1n) is 4.81. The van der Waals surface area contributed by atoms with Gasteiger partial charge in [0, 0.05) is 23.2 Å². The summed E-state index contributed by atoms with van der Waals surface area (Å²) in [5, 5.41) is 18.0. The Morgan fingerprint density at radius 3 is 2.76 bits per heavy atom. The molecule has 0 saturated heterocycles. The van der Waals surface area contributed by atoms with Crippen LogP contribution in [-0.4, -0.2) is 4.98 Å². The third kappa shape index (κ3) is 2.11. The van der Waals surface area contributed by atoms with Crippen LogP contribution in [0.25, 0.3) is 17.0 Å². The molecule has 0 fully saturated rings. The number of halogens is 1. The van der Waals surface area contributed by atoms with E-state index in [4.69, 9.17) is 10.5 Å². The van der Waals surface area contributed by atoms with Gasteiger partial charge in [-0.25, -0.2) is 4.39 Å². The molecule has 0 N–H and O–H groups in total. The molecule has 4 heteroatoms. The van der Waals surface area contributed by atoms with Crippen molar-refractivity contribution in [2.24, 2.45) is 0 Å². The van der Waals surface area contributed by atoms with Gasteiger partial charge >= 0.3 is 0 Å². The van der Waals surface area contributed by atoms with E-state index in [0.29, 0.717) is 5.52 Å². The van der Waals surface area contributed by atoms with Crippen molar-refractivity contribution in [1.82, 2.24) is 4.98 Å². The molecule has 0 aliphatic carbocycles. The van der Waals surface area contributed by atoms with E-state index < -0.39 is 5.82 Å². The van der Waals surface area contributed by atoms with Crippen LogP contribution in [0, 0.1) is 28.5 Å². The van der Waals surface area contributed by atoms with Gasteiger partial charge in [0.1, 0.15) is 23.5 Å². The Morgan fingerprint density at radius 2 is 2.06 bits per heavy atom. The molecule has 0 aliphatic heterocycles. The second kappa shape index (κ2) is 4.42. The predicted molar refractivity (Wildman–Crippen MR) is 60.9 cm³/mol. The molecule has 0 bridgehead atoms. The van der Waals surface area contributed by atoms with E-state index in [0.717, 1.165) is 5.39 Å². The molecule has 0 unspecified atom stereocenters. The lowest BCUT2D eigenvalue weighted by atomic mass is 10.1. The van der Waals surface area contributed by atoms with Crippen molar-refractivity contribution in [3.8, 4) is 12.1 Å². The van der Waals surface area contributed by atoms with Crippen LogP contribution < -0.4 is 0 Å². The smallest absolute Gasteiger partial charge is 0.132 e. The van der Waals surface area contributed by atoms with Gasteiger partial charge in [-0.05, 0) is 18.2 Å². The van der Waals surface area contributed by atoms with Crippen LogP contribution in [0.15, 0.2) is 36.0 Å². The van der Waals surface area contributed by atoms with Crippen molar-refractivity contribution >= 4 is 17.0 Å². The molecule has 17 heavy (non-hydrogen) atoms. The topological polar surface area (TPSA) is 60.5 Å². The SMILES string of the molecule is N#CC(C#N)=Cc1cc2cccnc2cc1F. The van der Waals surface area contributed by atoms with Crippen LogP contribution in [0.4, 0.5) is 4.39 Å². The van der Waals surface area contributed by atoms with Crippen molar-refractivity contribution in [2.75, 3.05) is 0 Å². The van der Waals surface area contributed by atoms with Crippen LogP contribution >= 0.6 is 0 Å². The zero-order valence-corrected chi connectivity index (χ0v) is 8.68. The van der Waals surface area contributed by atoms with Crippen molar-refractivity contribution in [3.05, 3.63) is 47.4 Å². The Labute approximate surface area is 97.1 Å². The third-order valence-corrected chi connectivity index (χ3v) is 2.26. The Morgan fingerprint density at radius 1 is 1.29 bits per heavy atom. The fraction of sp³-hybridized carbons (Fsp3) is 0. The molecule has 2 aromatic rings. The van der Waals surface area contributed by atoms with Gasteiger partial charge in [0.2, 0.25) is 0 Å². The van der Waals surface area contributed by atoms with E-state index in [1.807, 2.05) is 0 Å². The second-order valence-corrected chi connectivity index (χ2v) is 3.35. The summed E-state index contributed by atoms with van der Waals surface area (Å²) < 4.78 is 13.6. The van der Waals surface area contributed by atoms with E-state index in [2.05, 4.69) is 4.98 Å². The molecule has 0 spiro atoms. The molecule has 3 nitrogen and oxygen atoms in total. The first-order valence-corrected chi connectivity index (χ1v) is 4.81. The number of allylic oxidation sites excluding steroid dienone is 1. The summed E-state index contributed by atoms with van der Waals surface area (Å²) in [5.74, 6) is -0.501. The minimum atomic E-state index is -0.501. The van der Waals surface area contributed by atoms with Gasteiger partial charge in [-0.15, -0.1) is 0 Å². The lowest BCUT2D eigenvalue weighted by Crippen LogP contribution is -1.86. The first kappa shape index (κ1) is 10.8. The quantitative estimate of drug-likeness (QED) is 0.698. The van der Waals surface area contributed by atoms with Gasteiger partial charge in [0.05, 0.1) is 5.52 Å². The lowest BCUT2D eigenvalue weighted by molar-refractivity contribution is 0.626. The Bertz CT molecular complexity index is 674. The fourth-order valence-corrected chi connectivity index (χ4v) is 1.47. The molecule has 2 rings (SSSR count). The molecular formula is C13H6FN3. The Kier molecular flexibility index (Phi) is 2.81. The summed E-state index contributed by atoms with van der Waals surface area (Å²) in [6, 6.07) is 9.76. The van der Waals surface area contributed by atoms with E-state index in [9.17, 15) is 4.39 Å². The number of rotatable bonds is 1. The summed E-state index contributed by atoms with van der Waals surface area (Å²) in [5.41, 5.74) is 0.619. The number of fused-ring (bicyclic) bond motifs is 1. The highest BCUT2D eigenvalue weighted by Crippen LogP contribution is 2.19. The fourth-order valence-electron chi connectivity index (χ4n) is 1.47. The normalized spacial score (nSPS) is 9.35. The maximum atomic E-state index is 13.6. The number of hydrogen-bond acceptors (Lipinski definition) is 3. The third-order valence-electron chi connectivity index (χ3n) is 2.26. The van der Waals surface area contributed by atoms with E-state index in [-0.39, 0.29) is 11.1 Å². The highest BCUT2D eigenvalue weighted by molar-refractivity contribution is 5.82. The lowest BCUT2D eigenvalue weighted by Gasteiger charge is -2.00. The maximum absolute atomic E-state index is 13.6. The minimum absolute atomic E-state index is 0.132. The summed E-state index contributed by atoms with van der Waals surface area (Å²) in [6.45, 7) is 0. The van der Waals surface area contributed by atoms with Gasteiger partial charge in [-0.1, -0.05) is 6.07 Å². The van der Waals surface area contributed by atoms with Crippen LogP contribution in [-0.2, 0) is 0 Å². The van der Waals surface area contributed by atoms with Crippen molar-refractivity contribution in [1.29, 1.82) is 10.5 Å². The van der Waals surface area contributed by atoms with Gasteiger partial charge in [-0.2, -0.15) is 10.5 Å².